The number of pyridine rings is 1. The Kier molecular flexibility index (Phi) is 9.58. The molecule has 1 aliphatic carbocycles. The van der Waals surface area contributed by atoms with E-state index in [0.29, 0.717) is 24.9 Å². The monoisotopic (exact) mass is 388 g/mol. The van der Waals surface area contributed by atoms with Crippen LogP contribution in [0.15, 0.2) is 23.3 Å². The summed E-state index contributed by atoms with van der Waals surface area (Å²) >= 11 is 0. The Morgan fingerprint density at radius 2 is 2.21 bits per heavy atom. The Morgan fingerprint density at radius 3 is 2.93 bits per heavy atom. The number of aliphatic hydroxyl groups excluding tert-OH is 1. The lowest BCUT2D eigenvalue weighted by molar-refractivity contribution is -0.131. The number of carbonyl (C=O) groups is 1. The van der Waals surface area contributed by atoms with Crippen LogP contribution >= 0.6 is 0 Å². The summed E-state index contributed by atoms with van der Waals surface area (Å²) in [7, 11) is 4.30. The van der Waals surface area contributed by atoms with Gasteiger partial charge in [-0.3, -0.25) is 14.8 Å². The molecule has 156 valence electrons. The fourth-order valence-electron chi connectivity index (χ4n) is 4.12. The predicted octanol–water partition coefficient (Wildman–Crippen LogP) is 2.39. The van der Waals surface area contributed by atoms with Gasteiger partial charge in [0, 0.05) is 43.7 Å². The van der Waals surface area contributed by atoms with Crippen molar-refractivity contribution in [1.29, 1.82) is 0 Å². The molecule has 1 amide bonds. The van der Waals surface area contributed by atoms with Gasteiger partial charge in [-0.15, -0.1) is 0 Å². The van der Waals surface area contributed by atoms with E-state index in [9.17, 15) is 4.79 Å². The van der Waals surface area contributed by atoms with Gasteiger partial charge < -0.3 is 14.9 Å². The number of aryl methyl sites for hydroxylation is 1. The molecule has 6 heteroatoms. The number of aliphatic imine (C=N–C) groups is 1. The first kappa shape index (κ1) is 22.5. The molecule has 0 aromatic carbocycles. The van der Waals surface area contributed by atoms with Gasteiger partial charge in [-0.1, -0.05) is 6.42 Å². The van der Waals surface area contributed by atoms with Gasteiger partial charge in [0.05, 0.1) is 13.2 Å². The molecule has 2 atom stereocenters. The Balaban J connectivity index is 1.81. The first-order valence-corrected chi connectivity index (χ1v) is 10.5. The number of aliphatic hydroxyl groups is 1. The minimum atomic E-state index is 0.0562. The summed E-state index contributed by atoms with van der Waals surface area (Å²) in [5.74, 6) is 0.850. The van der Waals surface area contributed by atoms with Crippen LogP contribution in [0.2, 0.25) is 0 Å². The van der Waals surface area contributed by atoms with Gasteiger partial charge >= 0.3 is 0 Å². The summed E-state index contributed by atoms with van der Waals surface area (Å²) in [5, 5.41) is 8.80. The lowest BCUT2D eigenvalue weighted by atomic mass is 10.0. The fourth-order valence-corrected chi connectivity index (χ4v) is 4.12. The van der Waals surface area contributed by atoms with Crippen LogP contribution in [-0.2, 0) is 11.2 Å². The first-order chi connectivity index (χ1) is 13.5. The quantitative estimate of drug-likeness (QED) is 0.591. The van der Waals surface area contributed by atoms with Crippen molar-refractivity contribution >= 4 is 12.1 Å². The van der Waals surface area contributed by atoms with Crippen molar-refractivity contribution < 1.29 is 9.90 Å². The molecule has 1 aliphatic rings. The molecular weight excluding hydrogens is 352 g/mol. The number of nitrogens with zero attached hydrogens (tertiary/aromatic N) is 4. The summed E-state index contributed by atoms with van der Waals surface area (Å²) in [6.45, 7) is 4.21. The molecule has 28 heavy (non-hydrogen) atoms. The Morgan fingerprint density at radius 1 is 1.39 bits per heavy atom. The zero-order valence-electron chi connectivity index (χ0n) is 17.7. The van der Waals surface area contributed by atoms with Gasteiger partial charge in [0.2, 0.25) is 5.91 Å². The number of carbonyl (C=O) groups excluding carboxylic acids is 1. The smallest absolute Gasteiger partial charge is 0.222 e. The van der Waals surface area contributed by atoms with Gasteiger partial charge in [-0.25, -0.2) is 0 Å². The third kappa shape index (κ3) is 6.99. The molecule has 0 spiro atoms. The lowest BCUT2D eigenvalue weighted by Gasteiger charge is -2.31. The van der Waals surface area contributed by atoms with Crippen LogP contribution < -0.4 is 0 Å². The van der Waals surface area contributed by atoms with Crippen LogP contribution in [0.4, 0.5) is 0 Å². The van der Waals surface area contributed by atoms with Crippen LogP contribution in [0.25, 0.3) is 0 Å². The highest BCUT2D eigenvalue weighted by Gasteiger charge is 2.30. The highest BCUT2D eigenvalue weighted by Crippen LogP contribution is 2.29. The van der Waals surface area contributed by atoms with Gasteiger partial charge in [-0.2, -0.15) is 0 Å². The van der Waals surface area contributed by atoms with E-state index in [1.54, 1.807) is 12.4 Å². The van der Waals surface area contributed by atoms with E-state index in [1.807, 2.05) is 17.0 Å². The van der Waals surface area contributed by atoms with Crippen molar-refractivity contribution in [2.24, 2.45) is 10.9 Å². The highest BCUT2D eigenvalue weighted by molar-refractivity contribution is 5.79. The van der Waals surface area contributed by atoms with Crippen LogP contribution in [0.3, 0.4) is 0 Å². The molecule has 0 aliphatic heterocycles. The average Bonchev–Trinajstić information content (AvgIpc) is 3.15. The number of aromatic nitrogens is 1. The first-order valence-electron chi connectivity index (χ1n) is 10.5. The van der Waals surface area contributed by atoms with E-state index >= 15 is 0 Å². The Labute approximate surface area is 169 Å². The van der Waals surface area contributed by atoms with Crippen molar-refractivity contribution in [3.05, 3.63) is 29.6 Å². The molecule has 0 unspecified atom stereocenters. The van der Waals surface area contributed by atoms with Crippen molar-refractivity contribution in [3.63, 3.8) is 0 Å². The van der Waals surface area contributed by atoms with Crippen molar-refractivity contribution in [2.45, 2.75) is 51.5 Å². The molecule has 1 N–H and O–H groups in total. The molecular formula is C22H36N4O2. The second-order valence-electron chi connectivity index (χ2n) is 7.85. The third-order valence-electron chi connectivity index (χ3n) is 5.61. The molecule has 1 heterocycles. The summed E-state index contributed by atoms with van der Waals surface area (Å²) < 4.78 is 0. The van der Waals surface area contributed by atoms with E-state index in [4.69, 9.17) is 5.11 Å². The SMILES string of the molecule is CCN(C[C@@H]1CCC[C@@H]1N(C)C)C(=O)CCCc1cc(C=NCCO)ccn1. The topological polar surface area (TPSA) is 69.0 Å². The van der Waals surface area contributed by atoms with Crippen LogP contribution in [0.1, 0.15) is 50.3 Å². The molecule has 0 radical (unpaired) electrons. The minimum Gasteiger partial charge on any atom is -0.394 e. The van der Waals surface area contributed by atoms with E-state index < -0.39 is 0 Å². The summed E-state index contributed by atoms with van der Waals surface area (Å²) in [5.41, 5.74) is 1.96. The standard InChI is InChI=1S/C22H36N4O2/c1-4-26(17-19-7-5-9-21(19)25(2)3)22(28)10-6-8-20-15-18(11-12-24-20)16-23-13-14-27/h11-12,15-16,19,21,27H,4-10,13-14,17H2,1-3H3/t19-,21-/m0/s1. The maximum absolute atomic E-state index is 12.7. The molecule has 0 bridgehead atoms. The second-order valence-corrected chi connectivity index (χ2v) is 7.85. The molecule has 0 saturated heterocycles. The average molecular weight is 389 g/mol. The van der Waals surface area contributed by atoms with Crippen molar-refractivity contribution in [1.82, 2.24) is 14.8 Å². The van der Waals surface area contributed by atoms with E-state index in [0.717, 1.165) is 37.2 Å². The minimum absolute atomic E-state index is 0.0562. The second kappa shape index (κ2) is 11.9. The fraction of sp³-hybridized carbons (Fsp3) is 0.682. The van der Waals surface area contributed by atoms with E-state index in [-0.39, 0.29) is 12.5 Å². The van der Waals surface area contributed by atoms with Crippen LogP contribution in [0, 0.1) is 5.92 Å². The molecule has 1 aromatic heterocycles. The maximum atomic E-state index is 12.7. The maximum Gasteiger partial charge on any atom is 0.222 e. The molecule has 1 fully saturated rings. The summed E-state index contributed by atoms with van der Waals surface area (Å²) in [4.78, 5) is 25.6. The Bertz CT molecular complexity index is 633. The number of amides is 1. The zero-order chi connectivity index (χ0) is 20.4. The van der Waals surface area contributed by atoms with Crippen LogP contribution in [-0.4, -0.2) is 78.4 Å². The molecule has 6 nitrogen and oxygen atoms in total. The summed E-state index contributed by atoms with van der Waals surface area (Å²) in [6, 6.07) is 4.50. The number of rotatable bonds is 11. The normalized spacial score (nSPS) is 19.6. The number of hydrogen-bond donors (Lipinski definition) is 1. The van der Waals surface area contributed by atoms with Gasteiger partial charge in [0.1, 0.15) is 0 Å². The number of hydrogen-bond acceptors (Lipinski definition) is 5. The van der Waals surface area contributed by atoms with Gasteiger partial charge in [-0.05, 0) is 70.3 Å². The Hall–Kier alpha value is -1.79. The van der Waals surface area contributed by atoms with Crippen LogP contribution in [0.5, 0.6) is 0 Å². The largest absolute Gasteiger partial charge is 0.394 e. The highest BCUT2D eigenvalue weighted by atomic mass is 16.3. The van der Waals surface area contributed by atoms with Gasteiger partial charge in [0.15, 0.2) is 0 Å². The lowest BCUT2D eigenvalue weighted by Crippen LogP contribution is -2.41. The van der Waals surface area contributed by atoms with Crippen molar-refractivity contribution in [2.75, 3.05) is 40.3 Å². The van der Waals surface area contributed by atoms with E-state index in [1.165, 1.54) is 19.3 Å². The predicted molar refractivity (Wildman–Crippen MR) is 114 cm³/mol. The molecule has 1 aromatic rings. The molecule has 1 saturated carbocycles. The zero-order valence-corrected chi connectivity index (χ0v) is 17.7. The van der Waals surface area contributed by atoms with Crippen molar-refractivity contribution in [3.8, 4) is 0 Å². The van der Waals surface area contributed by atoms with Gasteiger partial charge in [0.25, 0.3) is 0 Å². The van der Waals surface area contributed by atoms with E-state index in [2.05, 4.69) is 35.9 Å². The molecule has 2 rings (SSSR count). The third-order valence-corrected chi connectivity index (χ3v) is 5.61. The summed E-state index contributed by atoms with van der Waals surface area (Å²) in [6.07, 6.45) is 9.43.